The number of carbonyl (C=O) groups is 1. The Labute approximate surface area is 73.5 Å². The number of rotatable bonds is 3. The van der Waals surface area contributed by atoms with E-state index in [1.807, 2.05) is 13.8 Å². The Bertz CT molecular complexity index is 162. The zero-order valence-electron chi connectivity index (χ0n) is 7.85. The molecule has 0 radical (unpaired) electrons. The van der Waals surface area contributed by atoms with Gasteiger partial charge in [-0.15, -0.1) is 0 Å². The van der Waals surface area contributed by atoms with E-state index in [4.69, 9.17) is 4.74 Å². The van der Waals surface area contributed by atoms with Crippen LogP contribution in [0.1, 0.15) is 33.1 Å². The van der Waals surface area contributed by atoms with Gasteiger partial charge < -0.3 is 10.1 Å². The Balaban J connectivity index is 2.59. The quantitative estimate of drug-likeness (QED) is 0.646. The summed E-state index contributed by atoms with van der Waals surface area (Å²) in [5, 5.41) is 3.23. The molecule has 0 aromatic carbocycles. The number of carbonyl (C=O) groups excluding carboxylic acids is 1. The topological polar surface area (TPSA) is 38.3 Å². The molecule has 70 valence electrons. The van der Waals surface area contributed by atoms with Gasteiger partial charge in [-0.05, 0) is 32.7 Å². The van der Waals surface area contributed by atoms with Crippen LogP contribution in [0.2, 0.25) is 0 Å². The lowest BCUT2D eigenvalue weighted by Crippen LogP contribution is -2.48. The highest BCUT2D eigenvalue weighted by molar-refractivity contribution is 5.81. The predicted molar refractivity (Wildman–Crippen MR) is 46.9 cm³/mol. The highest BCUT2D eigenvalue weighted by Gasteiger charge is 2.40. The van der Waals surface area contributed by atoms with Crippen molar-refractivity contribution in [1.29, 1.82) is 0 Å². The van der Waals surface area contributed by atoms with Gasteiger partial charge in [-0.2, -0.15) is 0 Å². The predicted octanol–water partition coefficient (Wildman–Crippen LogP) is 1.08. The zero-order chi connectivity index (χ0) is 9.03. The first-order valence-electron chi connectivity index (χ1n) is 4.67. The largest absolute Gasteiger partial charge is 0.465 e. The van der Waals surface area contributed by atoms with Gasteiger partial charge >= 0.3 is 5.97 Å². The molecule has 1 fully saturated rings. The summed E-state index contributed by atoms with van der Waals surface area (Å²) in [6.45, 7) is 5.28. The summed E-state index contributed by atoms with van der Waals surface area (Å²) in [5.41, 5.74) is -0.365. The third-order valence-corrected chi connectivity index (χ3v) is 2.51. The number of ether oxygens (including phenoxy) is 1. The molecule has 0 aromatic rings. The summed E-state index contributed by atoms with van der Waals surface area (Å²) in [6, 6.07) is 0. The van der Waals surface area contributed by atoms with E-state index in [0.717, 1.165) is 25.8 Å². The molecule has 1 heterocycles. The Morgan fingerprint density at radius 3 is 2.75 bits per heavy atom. The molecule has 3 heteroatoms. The molecule has 1 aliphatic heterocycles. The Morgan fingerprint density at radius 1 is 1.58 bits per heavy atom. The SMILES string of the molecule is CCOC(=O)C1(CC)CCCN1. The fraction of sp³-hybridized carbons (Fsp3) is 0.889. The van der Waals surface area contributed by atoms with Gasteiger partial charge in [0.15, 0.2) is 0 Å². The molecule has 1 unspecified atom stereocenters. The summed E-state index contributed by atoms with van der Waals surface area (Å²) >= 11 is 0. The van der Waals surface area contributed by atoms with Gasteiger partial charge in [-0.25, -0.2) is 0 Å². The van der Waals surface area contributed by atoms with Gasteiger partial charge in [0.2, 0.25) is 0 Å². The van der Waals surface area contributed by atoms with Crippen LogP contribution in [0.15, 0.2) is 0 Å². The molecule has 0 amide bonds. The van der Waals surface area contributed by atoms with Crippen molar-refractivity contribution >= 4 is 5.97 Å². The summed E-state index contributed by atoms with van der Waals surface area (Å²) in [7, 11) is 0. The number of nitrogens with one attached hydrogen (secondary N) is 1. The first-order valence-corrected chi connectivity index (χ1v) is 4.67. The van der Waals surface area contributed by atoms with Gasteiger partial charge in [0.05, 0.1) is 6.61 Å². The van der Waals surface area contributed by atoms with Crippen molar-refractivity contribution in [2.24, 2.45) is 0 Å². The van der Waals surface area contributed by atoms with Crippen LogP contribution in [0, 0.1) is 0 Å². The molecule has 0 aromatic heterocycles. The van der Waals surface area contributed by atoms with Gasteiger partial charge in [0.1, 0.15) is 5.54 Å². The van der Waals surface area contributed by atoms with Crippen molar-refractivity contribution in [3.63, 3.8) is 0 Å². The van der Waals surface area contributed by atoms with E-state index in [-0.39, 0.29) is 11.5 Å². The molecule has 1 aliphatic rings. The van der Waals surface area contributed by atoms with Crippen molar-refractivity contribution in [2.75, 3.05) is 13.2 Å². The van der Waals surface area contributed by atoms with E-state index in [1.54, 1.807) is 0 Å². The maximum Gasteiger partial charge on any atom is 0.326 e. The molecule has 1 rings (SSSR count). The van der Waals surface area contributed by atoms with Crippen LogP contribution >= 0.6 is 0 Å². The lowest BCUT2D eigenvalue weighted by Gasteiger charge is -2.24. The number of hydrogen-bond acceptors (Lipinski definition) is 3. The lowest BCUT2D eigenvalue weighted by molar-refractivity contribution is -0.150. The average Bonchev–Trinajstić information content (AvgIpc) is 2.54. The molecule has 0 saturated carbocycles. The standard InChI is InChI=1S/C9H17NO2/c1-3-9(6-5-7-10-9)8(11)12-4-2/h10H,3-7H2,1-2H3. The van der Waals surface area contributed by atoms with Gasteiger partial charge in [-0.3, -0.25) is 4.79 Å². The van der Waals surface area contributed by atoms with Crippen LogP contribution in [0.5, 0.6) is 0 Å². The Kier molecular flexibility index (Phi) is 3.09. The number of esters is 1. The highest BCUT2D eigenvalue weighted by Crippen LogP contribution is 2.24. The van der Waals surface area contributed by atoms with E-state index in [1.165, 1.54) is 0 Å². The molecular formula is C9H17NO2. The fourth-order valence-corrected chi connectivity index (χ4v) is 1.70. The van der Waals surface area contributed by atoms with Crippen LogP contribution in [-0.2, 0) is 9.53 Å². The summed E-state index contributed by atoms with van der Waals surface area (Å²) in [5.74, 6) is -0.0787. The van der Waals surface area contributed by atoms with E-state index in [2.05, 4.69) is 5.32 Å². The van der Waals surface area contributed by atoms with Crippen LogP contribution in [0.4, 0.5) is 0 Å². The van der Waals surface area contributed by atoms with Crippen LogP contribution < -0.4 is 5.32 Å². The number of hydrogen-bond donors (Lipinski definition) is 1. The average molecular weight is 171 g/mol. The van der Waals surface area contributed by atoms with Crippen molar-refractivity contribution in [2.45, 2.75) is 38.6 Å². The zero-order valence-corrected chi connectivity index (χ0v) is 7.85. The Hall–Kier alpha value is -0.570. The van der Waals surface area contributed by atoms with E-state index in [0.29, 0.717) is 6.61 Å². The van der Waals surface area contributed by atoms with Crippen LogP contribution in [0.3, 0.4) is 0 Å². The maximum atomic E-state index is 11.5. The highest BCUT2D eigenvalue weighted by atomic mass is 16.5. The Morgan fingerprint density at radius 2 is 2.33 bits per heavy atom. The van der Waals surface area contributed by atoms with Crippen LogP contribution in [-0.4, -0.2) is 24.7 Å². The van der Waals surface area contributed by atoms with Gasteiger partial charge in [0.25, 0.3) is 0 Å². The first-order chi connectivity index (χ1) is 5.75. The van der Waals surface area contributed by atoms with Gasteiger partial charge in [0, 0.05) is 0 Å². The molecule has 1 N–H and O–H groups in total. The van der Waals surface area contributed by atoms with E-state index < -0.39 is 0 Å². The van der Waals surface area contributed by atoms with E-state index >= 15 is 0 Å². The second-order valence-corrected chi connectivity index (χ2v) is 3.19. The van der Waals surface area contributed by atoms with Crippen molar-refractivity contribution < 1.29 is 9.53 Å². The molecule has 12 heavy (non-hydrogen) atoms. The molecule has 3 nitrogen and oxygen atoms in total. The van der Waals surface area contributed by atoms with Crippen molar-refractivity contribution in [3.8, 4) is 0 Å². The molecule has 0 aliphatic carbocycles. The third kappa shape index (κ3) is 1.61. The smallest absolute Gasteiger partial charge is 0.326 e. The molecule has 0 spiro atoms. The maximum absolute atomic E-state index is 11.5. The fourth-order valence-electron chi connectivity index (χ4n) is 1.70. The van der Waals surface area contributed by atoms with Crippen molar-refractivity contribution in [1.82, 2.24) is 5.32 Å². The molecular weight excluding hydrogens is 154 g/mol. The minimum Gasteiger partial charge on any atom is -0.465 e. The minimum absolute atomic E-state index is 0.0787. The normalized spacial score (nSPS) is 28.8. The summed E-state index contributed by atoms with van der Waals surface area (Å²) in [6.07, 6.45) is 2.82. The summed E-state index contributed by atoms with van der Waals surface area (Å²) < 4.78 is 5.02. The molecule has 1 atom stereocenters. The third-order valence-electron chi connectivity index (χ3n) is 2.51. The first kappa shape index (κ1) is 9.52. The van der Waals surface area contributed by atoms with Crippen molar-refractivity contribution in [3.05, 3.63) is 0 Å². The second kappa shape index (κ2) is 3.90. The monoisotopic (exact) mass is 171 g/mol. The molecule has 1 saturated heterocycles. The summed E-state index contributed by atoms with van der Waals surface area (Å²) in [4.78, 5) is 11.5. The van der Waals surface area contributed by atoms with Gasteiger partial charge in [-0.1, -0.05) is 6.92 Å². The lowest BCUT2D eigenvalue weighted by atomic mass is 9.94. The van der Waals surface area contributed by atoms with Crippen LogP contribution in [0.25, 0.3) is 0 Å². The van der Waals surface area contributed by atoms with E-state index in [9.17, 15) is 4.79 Å². The molecule has 0 bridgehead atoms. The minimum atomic E-state index is -0.365. The second-order valence-electron chi connectivity index (χ2n) is 3.19.